The maximum Gasteiger partial charge on any atom is 0.326 e. The van der Waals surface area contributed by atoms with Crippen LogP contribution in [0.5, 0.6) is 0 Å². The average Bonchev–Trinajstić information content (AvgIpc) is 3.09. The number of nitrogens with zero attached hydrogens (tertiary/aromatic N) is 1. The molecule has 0 spiro atoms. The highest BCUT2D eigenvalue weighted by atomic mass is 16.4. The molecule has 1 aromatic heterocycles. The van der Waals surface area contributed by atoms with Gasteiger partial charge in [-0.05, 0) is 6.42 Å². The van der Waals surface area contributed by atoms with Crippen LogP contribution in [0.15, 0.2) is 12.5 Å². The molecule has 0 aliphatic rings. The van der Waals surface area contributed by atoms with Gasteiger partial charge in [0.2, 0.25) is 23.6 Å². The molecule has 13 nitrogen and oxygen atoms in total. The summed E-state index contributed by atoms with van der Waals surface area (Å²) in [7, 11) is 0. The standard InChI is InChI=1S/C15H23N7O6/c16-8(4-12(18)24)13(25)22-10(3-7-5-19-6-20-7)14(26)21-9(15(27)28)1-2-11(17)23/h5-6,8-10H,1-4,16H2,(H2,17,23)(H2,18,24)(H,19,20)(H,21,26)(H,22,25)(H,27,28)/t8-,9-,10-/m0/s1. The van der Waals surface area contributed by atoms with Crippen molar-refractivity contribution in [3.63, 3.8) is 0 Å². The number of imidazole rings is 1. The van der Waals surface area contributed by atoms with E-state index in [1.54, 1.807) is 0 Å². The first-order valence-corrected chi connectivity index (χ1v) is 8.23. The first kappa shape index (κ1) is 22.6. The summed E-state index contributed by atoms with van der Waals surface area (Å²) in [6.07, 6.45) is 1.82. The Bertz CT molecular complexity index is 720. The fourth-order valence-electron chi connectivity index (χ4n) is 2.23. The number of aromatic nitrogens is 2. The number of aliphatic carboxylic acids is 1. The molecular weight excluding hydrogens is 374 g/mol. The van der Waals surface area contributed by atoms with Crippen LogP contribution < -0.4 is 27.8 Å². The summed E-state index contributed by atoms with van der Waals surface area (Å²) in [6, 6.07) is -3.89. The second kappa shape index (κ2) is 10.6. The van der Waals surface area contributed by atoms with Crippen LogP contribution in [0.3, 0.4) is 0 Å². The van der Waals surface area contributed by atoms with Gasteiger partial charge in [0.25, 0.3) is 0 Å². The van der Waals surface area contributed by atoms with E-state index in [1.807, 2.05) is 0 Å². The number of nitrogens with two attached hydrogens (primary N) is 3. The van der Waals surface area contributed by atoms with E-state index >= 15 is 0 Å². The Labute approximate surface area is 159 Å². The van der Waals surface area contributed by atoms with Crippen molar-refractivity contribution in [1.29, 1.82) is 0 Å². The van der Waals surface area contributed by atoms with Crippen LogP contribution in [0.25, 0.3) is 0 Å². The highest BCUT2D eigenvalue weighted by molar-refractivity contribution is 5.93. The van der Waals surface area contributed by atoms with E-state index in [9.17, 15) is 29.1 Å². The Balaban J connectivity index is 2.88. The number of carboxylic acids is 1. The van der Waals surface area contributed by atoms with Crippen LogP contribution in [-0.4, -0.2) is 62.8 Å². The highest BCUT2D eigenvalue weighted by Crippen LogP contribution is 2.03. The summed E-state index contributed by atoms with van der Waals surface area (Å²) in [5, 5.41) is 13.8. The number of rotatable bonds is 12. The molecule has 0 aliphatic carbocycles. The average molecular weight is 397 g/mol. The molecule has 1 rings (SSSR count). The molecular formula is C15H23N7O6. The number of H-pyrrole nitrogens is 1. The molecule has 154 valence electrons. The number of aromatic amines is 1. The van der Waals surface area contributed by atoms with Crippen molar-refractivity contribution in [2.45, 2.75) is 43.8 Å². The van der Waals surface area contributed by atoms with Crippen LogP contribution in [0.2, 0.25) is 0 Å². The number of carbonyl (C=O) groups is 5. The van der Waals surface area contributed by atoms with Gasteiger partial charge >= 0.3 is 5.97 Å². The van der Waals surface area contributed by atoms with Gasteiger partial charge in [0.15, 0.2) is 0 Å². The largest absolute Gasteiger partial charge is 0.480 e. The molecule has 10 N–H and O–H groups in total. The summed E-state index contributed by atoms with van der Waals surface area (Å²) >= 11 is 0. The van der Waals surface area contributed by atoms with E-state index in [0.29, 0.717) is 5.69 Å². The Hall–Kier alpha value is -3.48. The van der Waals surface area contributed by atoms with Gasteiger partial charge in [0.1, 0.15) is 12.1 Å². The predicted octanol–water partition coefficient (Wildman–Crippen LogP) is -3.53. The topological polar surface area (TPSA) is 236 Å². The Morgan fingerprint density at radius 2 is 1.71 bits per heavy atom. The van der Waals surface area contributed by atoms with Gasteiger partial charge in [-0.1, -0.05) is 0 Å². The zero-order valence-corrected chi connectivity index (χ0v) is 14.9. The molecule has 28 heavy (non-hydrogen) atoms. The third-order valence-corrected chi connectivity index (χ3v) is 3.66. The maximum absolute atomic E-state index is 12.5. The van der Waals surface area contributed by atoms with Crippen molar-refractivity contribution in [1.82, 2.24) is 20.6 Å². The molecule has 0 unspecified atom stereocenters. The minimum absolute atomic E-state index is 0.0526. The van der Waals surface area contributed by atoms with E-state index in [4.69, 9.17) is 17.2 Å². The smallest absolute Gasteiger partial charge is 0.326 e. The van der Waals surface area contributed by atoms with Gasteiger partial charge in [-0.15, -0.1) is 0 Å². The Morgan fingerprint density at radius 3 is 2.21 bits per heavy atom. The fraction of sp³-hybridized carbons (Fsp3) is 0.467. The van der Waals surface area contributed by atoms with Gasteiger partial charge in [0, 0.05) is 24.7 Å². The molecule has 0 aliphatic heterocycles. The molecule has 3 atom stereocenters. The first-order valence-electron chi connectivity index (χ1n) is 8.23. The Morgan fingerprint density at radius 1 is 1.07 bits per heavy atom. The van der Waals surface area contributed by atoms with Crippen molar-refractivity contribution in [3.8, 4) is 0 Å². The third kappa shape index (κ3) is 7.82. The summed E-state index contributed by atoms with van der Waals surface area (Å²) < 4.78 is 0. The highest BCUT2D eigenvalue weighted by Gasteiger charge is 2.29. The lowest BCUT2D eigenvalue weighted by Gasteiger charge is -2.22. The van der Waals surface area contributed by atoms with E-state index in [0.717, 1.165) is 0 Å². The zero-order valence-electron chi connectivity index (χ0n) is 14.9. The van der Waals surface area contributed by atoms with Crippen molar-refractivity contribution in [3.05, 3.63) is 18.2 Å². The van der Waals surface area contributed by atoms with Crippen molar-refractivity contribution < 1.29 is 29.1 Å². The monoisotopic (exact) mass is 397 g/mol. The van der Waals surface area contributed by atoms with Crippen LogP contribution in [-0.2, 0) is 30.4 Å². The molecule has 0 saturated heterocycles. The number of carbonyl (C=O) groups excluding carboxylic acids is 4. The summed E-state index contributed by atoms with van der Waals surface area (Å²) in [4.78, 5) is 64.3. The lowest BCUT2D eigenvalue weighted by Crippen LogP contribution is -2.55. The van der Waals surface area contributed by atoms with E-state index in [1.165, 1.54) is 12.5 Å². The molecule has 1 heterocycles. The number of nitrogens with one attached hydrogen (secondary N) is 3. The molecule has 1 aromatic rings. The summed E-state index contributed by atoms with van der Waals surface area (Å²) in [5.74, 6) is -4.53. The number of amides is 4. The number of hydrogen-bond acceptors (Lipinski definition) is 7. The van der Waals surface area contributed by atoms with E-state index in [2.05, 4.69) is 20.6 Å². The fourth-order valence-corrected chi connectivity index (χ4v) is 2.23. The first-order chi connectivity index (χ1) is 13.1. The normalized spacial score (nSPS) is 13.8. The molecule has 0 radical (unpaired) electrons. The Kier molecular flexibility index (Phi) is 8.55. The van der Waals surface area contributed by atoms with Crippen LogP contribution in [0.4, 0.5) is 0 Å². The third-order valence-electron chi connectivity index (χ3n) is 3.66. The van der Waals surface area contributed by atoms with Gasteiger partial charge in [0.05, 0.1) is 18.8 Å². The lowest BCUT2D eigenvalue weighted by atomic mass is 10.1. The van der Waals surface area contributed by atoms with Gasteiger partial charge in [-0.25, -0.2) is 9.78 Å². The molecule has 0 aromatic carbocycles. The van der Waals surface area contributed by atoms with E-state index < -0.39 is 54.1 Å². The SMILES string of the molecule is NC(=O)CC[C@H](NC(=O)[C@H](Cc1cnc[nH]1)NC(=O)[C@@H](N)CC(N)=O)C(=O)O. The van der Waals surface area contributed by atoms with Gasteiger partial charge in [-0.2, -0.15) is 0 Å². The quantitative estimate of drug-likeness (QED) is 0.186. The molecule has 0 fully saturated rings. The van der Waals surface area contributed by atoms with Crippen LogP contribution in [0.1, 0.15) is 25.0 Å². The predicted molar refractivity (Wildman–Crippen MR) is 94.0 cm³/mol. The molecule has 0 bridgehead atoms. The minimum atomic E-state index is -1.39. The maximum atomic E-state index is 12.5. The number of primary amides is 2. The molecule has 4 amide bonds. The van der Waals surface area contributed by atoms with Crippen LogP contribution in [0, 0.1) is 0 Å². The second-order valence-corrected chi connectivity index (χ2v) is 6.02. The van der Waals surface area contributed by atoms with E-state index in [-0.39, 0.29) is 19.3 Å². The van der Waals surface area contributed by atoms with Crippen molar-refractivity contribution in [2.75, 3.05) is 0 Å². The van der Waals surface area contributed by atoms with Gasteiger partial charge < -0.3 is 37.9 Å². The zero-order chi connectivity index (χ0) is 21.3. The minimum Gasteiger partial charge on any atom is -0.480 e. The summed E-state index contributed by atoms with van der Waals surface area (Å²) in [6.45, 7) is 0. The number of hydrogen-bond donors (Lipinski definition) is 7. The number of carboxylic acid groups (broad SMARTS) is 1. The lowest BCUT2D eigenvalue weighted by molar-refractivity contribution is -0.142. The second-order valence-electron chi connectivity index (χ2n) is 6.02. The van der Waals surface area contributed by atoms with Gasteiger partial charge in [-0.3, -0.25) is 19.2 Å². The van der Waals surface area contributed by atoms with Crippen molar-refractivity contribution >= 4 is 29.6 Å². The van der Waals surface area contributed by atoms with Crippen LogP contribution >= 0.6 is 0 Å². The molecule has 13 heteroatoms. The van der Waals surface area contributed by atoms with Crippen molar-refractivity contribution in [2.24, 2.45) is 17.2 Å². The summed E-state index contributed by atoms with van der Waals surface area (Å²) in [5.41, 5.74) is 16.0. The molecule has 0 saturated carbocycles.